The monoisotopic (exact) mass is 463 g/mol. The molecular formula is C17H34IN7. The zero-order valence-corrected chi connectivity index (χ0v) is 18.4. The predicted octanol–water partition coefficient (Wildman–Crippen LogP) is 2.06. The van der Waals surface area contributed by atoms with Crippen LogP contribution in [-0.4, -0.2) is 57.8 Å². The van der Waals surface area contributed by atoms with Crippen LogP contribution in [0, 0.1) is 6.92 Å². The molecule has 7 nitrogen and oxygen atoms in total. The SMILES string of the molecule is CCNC(=NCc1nnc(C)n1C)NCCN1CCCCC1CC.I. The van der Waals surface area contributed by atoms with E-state index in [1.165, 1.54) is 32.2 Å². The van der Waals surface area contributed by atoms with E-state index < -0.39 is 0 Å². The second kappa shape index (κ2) is 11.7. The van der Waals surface area contributed by atoms with Gasteiger partial charge in [-0.1, -0.05) is 13.3 Å². The van der Waals surface area contributed by atoms with Crippen molar-refractivity contribution in [2.24, 2.45) is 12.0 Å². The fraction of sp³-hybridized carbons (Fsp3) is 0.824. The van der Waals surface area contributed by atoms with Crippen molar-refractivity contribution in [2.45, 2.75) is 59.0 Å². The smallest absolute Gasteiger partial charge is 0.191 e. The average molecular weight is 463 g/mol. The van der Waals surface area contributed by atoms with Crippen LogP contribution in [0.25, 0.3) is 0 Å². The number of nitrogens with zero attached hydrogens (tertiary/aromatic N) is 5. The van der Waals surface area contributed by atoms with Gasteiger partial charge in [0.15, 0.2) is 11.8 Å². The van der Waals surface area contributed by atoms with Gasteiger partial charge in [0.05, 0.1) is 0 Å². The molecule has 144 valence electrons. The second-order valence-corrected chi connectivity index (χ2v) is 6.44. The standard InChI is InChI=1S/C17H33N7.HI/c1-5-15-9-7-8-11-24(15)12-10-19-17(18-6-2)20-13-16-22-21-14(3)23(16)4;/h15H,5-13H2,1-4H3,(H2,18,19,20);1H. The summed E-state index contributed by atoms with van der Waals surface area (Å²) < 4.78 is 1.98. The second-order valence-electron chi connectivity index (χ2n) is 6.44. The van der Waals surface area contributed by atoms with Gasteiger partial charge in [0, 0.05) is 32.7 Å². The Bertz CT molecular complexity index is 529. The third-order valence-electron chi connectivity index (χ3n) is 4.82. The lowest BCUT2D eigenvalue weighted by atomic mass is 10.0. The molecule has 25 heavy (non-hydrogen) atoms. The lowest BCUT2D eigenvalue weighted by molar-refractivity contribution is 0.147. The van der Waals surface area contributed by atoms with E-state index in [1.807, 2.05) is 18.5 Å². The molecule has 2 N–H and O–H groups in total. The molecular weight excluding hydrogens is 429 g/mol. The molecule has 0 bridgehead atoms. The van der Waals surface area contributed by atoms with Gasteiger partial charge >= 0.3 is 0 Å². The highest BCUT2D eigenvalue weighted by molar-refractivity contribution is 14.0. The van der Waals surface area contributed by atoms with Crippen LogP contribution < -0.4 is 10.6 Å². The van der Waals surface area contributed by atoms with Gasteiger partial charge in [-0.2, -0.15) is 0 Å². The van der Waals surface area contributed by atoms with Crippen LogP contribution in [0.2, 0.25) is 0 Å². The van der Waals surface area contributed by atoms with E-state index in [-0.39, 0.29) is 24.0 Å². The zero-order valence-electron chi connectivity index (χ0n) is 16.1. The Labute approximate surface area is 169 Å². The molecule has 1 unspecified atom stereocenters. The highest BCUT2D eigenvalue weighted by Crippen LogP contribution is 2.18. The normalized spacial score (nSPS) is 18.7. The number of aliphatic imine (C=N–C) groups is 1. The number of aryl methyl sites for hydroxylation is 1. The molecule has 8 heteroatoms. The summed E-state index contributed by atoms with van der Waals surface area (Å²) in [6.45, 7) is 10.9. The van der Waals surface area contributed by atoms with Gasteiger partial charge in [-0.3, -0.25) is 4.90 Å². The maximum absolute atomic E-state index is 4.63. The van der Waals surface area contributed by atoms with Crippen LogP contribution in [0.4, 0.5) is 0 Å². The van der Waals surface area contributed by atoms with Gasteiger partial charge in [0.1, 0.15) is 12.4 Å². The largest absolute Gasteiger partial charge is 0.357 e. The molecule has 0 radical (unpaired) electrons. The first-order chi connectivity index (χ1) is 11.7. The summed E-state index contributed by atoms with van der Waals surface area (Å²) in [6.07, 6.45) is 5.30. The van der Waals surface area contributed by atoms with E-state index in [9.17, 15) is 0 Å². The molecule has 2 heterocycles. The zero-order chi connectivity index (χ0) is 17.4. The maximum Gasteiger partial charge on any atom is 0.191 e. The van der Waals surface area contributed by atoms with Crippen LogP contribution in [0.15, 0.2) is 4.99 Å². The van der Waals surface area contributed by atoms with Gasteiger partial charge in [-0.15, -0.1) is 34.2 Å². The summed E-state index contributed by atoms with van der Waals surface area (Å²) in [5, 5.41) is 15.0. The summed E-state index contributed by atoms with van der Waals surface area (Å²) in [5.74, 6) is 2.64. The number of nitrogens with one attached hydrogen (secondary N) is 2. The first-order valence-electron chi connectivity index (χ1n) is 9.26. The molecule has 0 aromatic carbocycles. The summed E-state index contributed by atoms with van der Waals surface area (Å²) in [7, 11) is 1.97. The van der Waals surface area contributed by atoms with Crippen molar-refractivity contribution in [3.05, 3.63) is 11.6 Å². The number of halogens is 1. The highest BCUT2D eigenvalue weighted by Gasteiger charge is 2.19. The number of likely N-dealkylation sites (tertiary alicyclic amines) is 1. The lowest BCUT2D eigenvalue weighted by Gasteiger charge is -2.35. The van der Waals surface area contributed by atoms with Crippen LogP contribution in [0.1, 0.15) is 51.2 Å². The minimum Gasteiger partial charge on any atom is -0.357 e. The number of hydrogen-bond acceptors (Lipinski definition) is 4. The van der Waals surface area contributed by atoms with Crippen LogP contribution in [0.5, 0.6) is 0 Å². The Morgan fingerprint density at radius 2 is 2.04 bits per heavy atom. The van der Waals surface area contributed by atoms with Crippen LogP contribution in [0.3, 0.4) is 0 Å². The van der Waals surface area contributed by atoms with E-state index in [0.717, 1.165) is 43.3 Å². The highest BCUT2D eigenvalue weighted by atomic mass is 127. The van der Waals surface area contributed by atoms with Crippen molar-refractivity contribution in [2.75, 3.05) is 26.2 Å². The fourth-order valence-electron chi connectivity index (χ4n) is 3.21. The molecule has 1 saturated heterocycles. The quantitative estimate of drug-likeness (QED) is 0.368. The van der Waals surface area contributed by atoms with Gasteiger partial charge in [0.2, 0.25) is 0 Å². The molecule has 1 atom stereocenters. The Morgan fingerprint density at radius 3 is 2.68 bits per heavy atom. The summed E-state index contributed by atoms with van der Waals surface area (Å²) >= 11 is 0. The molecule has 2 rings (SSSR count). The molecule has 0 aliphatic carbocycles. The van der Waals surface area contributed by atoms with Crippen molar-refractivity contribution >= 4 is 29.9 Å². The Balaban J connectivity index is 0.00000312. The minimum absolute atomic E-state index is 0. The Hall–Kier alpha value is -0.900. The first-order valence-corrected chi connectivity index (χ1v) is 9.26. The third-order valence-corrected chi connectivity index (χ3v) is 4.82. The summed E-state index contributed by atoms with van der Waals surface area (Å²) in [5.41, 5.74) is 0. The predicted molar refractivity (Wildman–Crippen MR) is 113 cm³/mol. The van der Waals surface area contributed by atoms with Crippen molar-refractivity contribution in [1.29, 1.82) is 0 Å². The van der Waals surface area contributed by atoms with Crippen LogP contribution >= 0.6 is 24.0 Å². The number of rotatable bonds is 7. The van der Waals surface area contributed by atoms with Crippen molar-refractivity contribution in [3.8, 4) is 0 Å². The van der Waals surface area contributed by atoms with Crippen molar-refractivity contribution < 1.29 is 0 Å². The van der Waals surface area contributed by atoms with Crippen LogP contribution in [-0.2, 0) is 13.6 Å². The Morgan fingerprint density at radius 1 is 1.24 bits per heavy atom. The van der Waals surface area contributed by atoms with E-state index >= 15 is 0 Å². The average Bonchev–Trinajstić information content (AvgIpc) is 2.92. The first kappa shape index (κ1) is 22.1. The minimum atomic E-state index is 0. The molecule has 0 saturated carbocycles. The number of hydrogen-bond donors (Lipinski definition) is 2. The van der Waals surface area contributed by atoms with Crippen molar-refractivity contribution in [1.82, 2.24) is 30.3 Å². The van der Waals surface area contributed by atoms with Crippen molar-refractivity contribution in [3.63, 3.8) is 0 Å². The molecule has 0 amide bonds. The van der Waals surface area contributed by atoms with Gasteiger partial charge in [-0.05, 0) is 39.7 Å². The number of guanidine groups is 1. The molecule has 1 aliphatic heterocycles. The Kier molecular flexibility index (Phi) is 10.3. The molecule has 1 aliphatic rings. The van der Waals surface area contributed by atoms with E-state index in [4.69, 9.17) is 0 Å². The van der Waals surface area contributed by atoms with Gasteiger partial charge in [-0.25, -0.2) is 4.99 Å². The van der Waals surface area contributed by atoms with Gasteiger partial charge in [0.25, 0.3) is 0 Å². The van der Waals surface area contributed by atoms with E-state index in [2.05, 4.69) is 44.6 Å². The lowest BCUT2D eigenvalue weighted by Crippen LogP contribution is -2.45. The molecule has 0 spiro atoms. The maximum atomic E-state index is 4.63. The molecule has 1 aromatic heterocycles. The number of aromatic nitrogens is 3. The fourth-order valence-corrected chi connectivity index (χ4v) is 3.21. The topological polar surface area (TPSA) is 70.4 Å². The van der Waals surface area contributed by atoms with E-state index in [1.54, 1.807) is 0 Å². The molecule has 1 fully saturated rings. The van der Waals surface area contributed by atoms with Gasteiger partial charge < -0.3 is 15.2 Å². The summed E-state index contributed by atoms with van der Waals surface area (Å²) in [6, 6.07) is 0.752. The molecule has 1 aromatic rings. The number of piperidine rings is 1. The third kappa shape index (κ3) is 6.73. The summed E-state index contributed by atoms with van der Waals surface area (Å²) in [4.78, 5) is 7.25. The van der Waals surface area contributed by atoms with E-state index in [0.29, 0.717) is 6.54 Å².